The number of ether oxygens (including phenoxy) is 1. The average Bonchev–Trinajstić information content (AvgIpc) is 2.46. The third-order valence-corrected chi connectivity index (χ3v) is 3.69. The van der Waals surface area contributed by atoms with Crippen LogP contribution in [0.15, 0.2) is 53.5 Å². The Kier molecular flexibility index (Phi) is 5.32. The molecule has 0 aliphatic heterocycles. The molecule has 0 bridgehead atoms. The number of rotatable bonds is 4. The maximum Gasteiger partial charge on any atom is 0.159 e. The number of hydrogen-bond donors (Lipinski definition) is 1. The average molecular weight is 307 g/mol. The van der Waals surface area contributed by atoms with Crippen LogP contribution in [-0.2, 0) is 5.75 Å². The van der Waals surface area contributed by atoms with Crippen LogP contribution in [0.5, 0.6) is 5.75 Å². The van der Waals surface area contributed by atoms with Crippen molar-refractivity contribution in [1.29, 1.82) is 0 Å². The van der Waals surface area contributed by atoms with E-state index in [4.69, 9.17) is 22.1 Å². The van der Waals surface area contributed by atoms with E-state index in [1.54, 1.807) is 7.11 Å². The van der Waals surface area contributed by atoms with Crippen LogP contribution in [0.25, 0.3) is 0 Å². The van der Waals surface area contributed by atoms with E-state index in [1.165, 1.54) is 11.8 Å². The second-order valence-corrected chi connectivity index (χ2v) is 5.47. The van der Waals surface area contributed by atoms with E-state index >= 15 is 0 Å². The SMILES string of the molecule is COc1ccccc1N=C(N)SCc1cccc(Cl)c1. The molecule has 20 heavy (non-hydrogen) atoms. The minimum Gasteiger partial charge on any atom is -0.494 e. The molecule has 2 aromatic rings. The van der Waals surface area contributed by atoms with E-state index in [0.717, 1.165) is 22.0 Å². The normalized spacial score (nSPS) is 11.4. The van der Waals surface area contributed by atoms with Crippen molar-refractivity contribution in [3.8, 4) is 5.75 Å². The molecule has 0 saturated carbocycles. The highest BCUT2D eigenvalue weighted by molar-refractivity contribution is 8.13. The predicted molar refractivity (Wildman–Crippen MR) is 87.0 cm³/mol. The number of aliphatic imine (C=N–C) groups is 1. The highest BCUT2D eigenvalue weighted by atomic mass is 35.5. The zero-order valence-electron chi connectivity index (χ0n) is 11.0. The topological polar surface area (TPSA) is 47.6 Å². The Balaban J connectivity index is 2.04. The molecule has 3 nitrogen and oxygen atoms in total. The number of amidine groups is 1. The molecule has 104 valence electrons. The van der Waals surface area contributed by atoms with Gasteiger partial charge in [0.2, 0.25) is 0 Å². The van der Waals surface area contributed by atoms with Crippen LogP contribution in [0.1, 0.15) is 5.56 Å². The molecular formula is C15H15ClN2OS. The summed E-state index contributed by atoms with van der Waals surface area (Å²) in [6.07, 6.45) is 0. The van der Waals surface area contributed by atoms with Crippen LogP contribution in [0, 0.1) is 0 Å². The molecule has 0 heterocycles. The fourth-order valence-corrected chi connectivity index (χ4v) is 2.53. The van der Waals surface area contributed by atoms with Gasteiger partial charge in [-0.1, -0.05) is 47.6 Å². The summed E-state index contributed by atoms with van der Waals surface area (Å²) in [6.45, 7) is 0. The fraction of sp³-hybridized carbons (Fsp3) is 0.133. The number of halogens is 1. The summed E-state index contributed by atoms with van der Waals surface area (Å²) >= 11 is 7.41. The predicted octanol–water partition coefficient (Wildman–Crippen LogP) is 4.23. The molecule has 2 aromatic carbocycles. The van der Waals surface area contributed by atoms with Crippen LogP contribution in [0.2, 0.25) is 5.02 Å². The van der Waals surface area contributed by atoms with Crippen molar-refractivity contribution >= 4 is 34.2 Å². The lowest BCUT2D eigenvalue weighted by Gasteiger charge is -2.05. The number of benzene rings is 2. The zero-order chi connectivity index (χ0) is 14.4. The van der Waals surface area contributed by atoms with Crippen molar-refractivity contribution in [2.45, 2.75) is 5.75 Å². The maximum absolute atomic E-state index is 5.94. The summed E-state index contributed by atoms with van der Waals surface area (Å²) in [5, 5.41) is 1.22. The van der Waals surface area contributed by atoms with Gasteiger partial charge in [0.1, 0.15) is 11.4 Å². The van der Waals surface area contributed by atoms with E-state index in [0.29, 0.717) is 10.9 Å². The molecule has 0 aliphatic rings. The van der Waals surface area contributed by atoms with Crippen LogP contribution in [0.4, 0.5) is 5.69 Å². The van der Waals surface area contributed by atoms with Crippen LogP contribution < -0.4 is 10.5 Å². The first-order valence-corrected chi connectivity index (χ1v) is 7.40. The van der Waals surface area contributed by atoms with Crippen molar-refractivity contribution in [2.24, 2.45) is 10.7 Å². The number of para-hydroxylation sites is 2. The van der Waals surface area contributed by atoms with Gasteiger partial charge in [-0.2, -0.15) is 0 Å². The van der Waals surface area contributed by atoms with Gasteiger partial charge in [-0.3, -0.25) is 0 Å². The van der Waals surface area contributed by atoms with Crippen LogP contribution in [-0.4, -0.2) is 12.3 Å². The van der Waals surface area contributed by atoms with E-state index in [2.05, 4.69) is 4.99 Å². The fourth-order valence-electron chi connectivity index (χ4n) is 1.66. The Hall–Kier alpha value is -1.65. The maximum atomic E-state index is 5.94. The second kappa shape index (κ2) is 7.22. The van der Waals surface area contributed by atoms with Crippen molar-refractivity contribution in [3.05, 3.63) is 59.1 Å². The van der Waals surface area contributed by atoms with Gasteiger partial charge in [-0.25, -0.2) is 4.99 Å². The van der Waals surface area contributed by atoms with Gasteiger partial charge >= 0.3 is 0 Å². The Morgan fingerprint density at radius 2 is 2.05 bits per heavy atom. The summed E-state index contributed by atoms with van der Waals surface area (Å²) in [5.41, 5.74) is 7.78. The van der Waals surface area contributed by atoms with Crippen LogP contribution >= 0.6 is 23.4 Å². The number of nitrogens with zero attached hydrogens (tertiary/aromatic N) is 1. The summed E-state index contributed by atoms with van der Waals surface area (Å²) in [6, 6.07) is 15.2. The summed E-state index contributed by atoms with van der Waals surface area (Å²) < 4.78 is 5.24. The molecule has 0 spiro atoms. The zero-order valence-corrected chi connectivity index (χ0v) is 12.6. The molecule has 0 unspecified atom stereocenters. The lowest BCUT2D eigenvalue weighted by molar-refractivity contribution is 0.416. The Bertz CT molecular complexity index is 616. The Morgan fingerprint density at radius 3 is 2.80 bits per heavy atom. The molecule has 0 saturated heterocycles. The summed E-state index contributed by atoms with van der Waals surface area (Å²) in [4.78, 5) is 4.37. The molecule has 2 rings (SSSR count). The largest absolute Gasteiger partial charge is 0.494 e. The minimum atomic E-state index is 0.495. The number of nitrogens with two attached hydrogens (primary N) is 1. The van der Waals surface area contributed by atoms with Crippen molar-refractivity contribution in [2.75, 3.05) is 7.11 Å². The highest BCUT2D eigenvalue weighted by Crippen LogP contribution is 2.27. The van der Waals surface area contributed by atoms with Crippen molar-refractivity contribution in [1.82, 2.24) is 0 Å². The number of thioether (sulfide) groups is 1. The minimum absolute atomic E-state index is 0.495. The van der Waals surface area contributed by atoms with Gasteiger partial charge < -0.3 is 10.5 Å². The Morgan fingerprint density at radius 1 is 1.25 bits per heavy atom. The first-order valence-electron chi connectivity index (χ1n) is 6.03. The molecule has 0 radical (unpaired) electrons. The summed E-state index contributed by atoms with van der Waals surface area (Å²) in [7, 11) is 1.61. The van der Waals surface area contributed by atoms with E-state index in [-0.39, 0.29) is 0 Å². The highest BCUT2D eigenvalue weighted by Gasteiger charge is 2.02. The van der Waals surface area contributed by atoms with Crippen molar-refractivity contribution < 1.29 is 4.74 Å². The van der Waals surface area contributed by atoms with Crippen molar-refractivity contribution in [3.63, 3.8) is 0 Å². The lowest BCUT2D eigenvalue weighted by Crippen LogP contribution is -2.06. The molecule has 0 aromatic heterocycles. The van der Waals surface area contributed by atoms with Gasteiger partial charge in [0.15, 0.2) is 5.17 Å². The third kappa shape index (κ3) is 4.18. The van der Waals surface area contributed by atoms with E-state index in [1.807, 2.05) is 48.5 Å². The van der Waals surface area contributed by atoms with Gasteiger partial charge in [0, 0.05) is 10.8 Å². The quantitative estimate of drug-likeness (QED) is 0.679. The number of methoxy groups -OCH3 is 1. The Labute approximate surface area is 127 Å². The molecule has 0 fully saturated rings. The second-order valence-electron chi connectivity index (χ2n) is 4.04. The molecule has 0 aliphatic carbocycles. The first-order chi connectivity index (χ1) is 9.69. The molecule has 2 N–H and O–H groups in total. The monoisotopic (exact) mass is 306 g/mol. The first kappa shape index (κ1) is 14.8. The van der Waals surface area contributed by atoms with Crippen LogP contribution in [0.3, 0.4) is 0 Å². The van der Waals surface area contributed by atoms with Gasteiger partial charge in [-0.05, 0) is 29.8 Å². The number of hydrogen-bond acceptors (Lipinski definition) is 3. The van der Waals surface area contributed by atoms with Gasteiger partial charge in [0.05, 0.1) is 7.11 Å². The standard InChI is InChI=1S/C15H15ClN2OS/c1-19-14-8-3-2-7-13(14)18-15(17)20-10-11-5-4-6-12(16)9-11/h2-9H,10H2,1H3,(H2,17,18). The van der Waals surface area contributed by atoms with Gasteiger partial charge in [-0.15, -0.1) is 0 Å². The third-order valence-electron chi connectivity index (χ3n) is 2.59. The van der Waals surface area contributed by atoms with Gasteiger partial charge in [0.25, 0.3) is 0 Å². The molecular weight excluding hydrogens is 292 g/mol. The molecule has 0 atom stereocenters. The summed E-state index contributed by atoms with van der Waals surface area (Å²) in [5.74, 6) is 1.43. The lowest BCUT2D eigenvalue weighted by atomic mass is 10.2. The molecule has 5 heteroatoms. The smallest absolute Gasteiger partial charge is 0.159 e. The van der Waals surface area contributed by atoms with E-state index < -0.39 is 0 Å². The molecule has 0 amide bonds. The van der Waals surface area contributed by atoms with E-state index in [9.17, 15) is 0 Å².